The van der Waals surface area contributed by atoms with Gasteiger partial charge in [-0.2, -0.15) is 0 Å². The SMILES string of the molecule is CCOC(CCNC(=O)C(C)(C)C(C)(C)CC(C)(C(=O)CC)C(C)(C)Br)OCC. The minimum absolute atomic E-state index is 0.0204. The molecule has 172 valence electrons. The van der Waals surface area contributed by atoms with E-state index in [1.54, 1.807) is 0 Å². The van der Waals surface area contributed by atoms with Gasteiger partial charge in [-0.1, -0.05) is 57.5 Å². The van der Waals surface area contributed by atoms with Crippen LogP contribution in [0.1, 0.15) is 88.5 Å². The fourth-order valence-corrected chi connectivity index (χ4v) is 3.92. The molecule has 0 bridgehead atoms. The van der Waals surface area contributed by atoms with Gasteiger partial charge in [-0.05, 0) is 39.5 Å². The summed E-state index contributed by atoms with van der Waals surface area (Å²) in [6.07, 6.45) is 1.38. The van der Waals surface area contributed by atoms with E-state index in [1.807, 2.05) is 55.4 Å². The molecular formula is C23H44BrNO4. The van der Waals surface area contributed by atoms with Gasteiger partial charge in [0, 0.05) is 47.8 Å². The summed E-state index contributed by atoms with van der Waals surface area (Å²) in [7, 11) is 0. The minimum Gasteiger partial charge on any atom is -0.355 e. The van der Waals surface area contributed by atoms with Crippen LogP contribution in [0.3, 0.4) is 0 Å². The summed E-state index contributed by atoms with van der Waals surface area (Å²) in [5.74, 6) is 0.188. The van der Waals surface area contributed by atoms with E-state index in [2.05, 4.69) is 35.1 Å². The third-order valence-electron chi connectivity index (χ3n) is 6.67. The largest absolute Gasteiger partial charge is 0.355 e. The van der Waals surface area contributed by atoms with Gasteiger partial charge in [-0.25, -0.2) is 0 Å². The molecule has 0 radical (unpaired) electrons. The standard InChI is InChI=1S/C23H44BrNO4/c1-11-17(26)23(10,22(8,9)24)16-20(4,5)21(6,7)19(27)25-15-14-18(28-12-2)29-13-3/h18H,11-16H2,1-10H3,(H,25,27). The second-order valence-electron chi connectivity index (χ2n) is 9.65. The number of alkyl halides is 1. The first-order valence-electron chi connectivity index (χ1n) is 10.8. The first-order chi connectivity index (χ1) is 13.1. The van der Waals surface area contributed by atoms with Gasteiger partial charge < -0.3 is 14.8 Å². The molecule has 1 atom stereocenters. The Balaban J connectivity index is 5.32. The maximum absolute atomic E-state index is 13.1. The van der Waals surface area contributed by atoms with Crippen LogP contribution < -0.4 is 5.32 Å². The Kier molecular flexibility index (Phi) is 11.1. The summed E-state index contributed by atoms with van der Waals surface area (Å²) in [5, 5.41) is 3.05. The zero-order chi connectivity index (χ0) is 23.1. The van der Waals surface area contributed by atoms with Crippen molar-refractivity contribution in [3.05, 3.63) is 0 Å². The third kappa shape index (κ3) is 7.32. The molecule has 5 nitrogen and oxygen atoms in total. The fraction of sp³-hybridized carbons (Fsp3) is 0.913. The highest BCUT2D eigenvalue weighted by Crippen LogP contribution is 2.53. The van der Waals surface area contributed by atoms with Crippen molar-refractivity contribution in [3.63, 3.8) is 0 Å². The van der Waals surface area contributed by atoms with E-state index < -0.39 is 16.2 Å². The van der Waals surface area contributed by atoms with Crippen LogP contribution >= 0.6 is 15.9 Å². The number of halogens is 1. The molecule has 1 amide bonds. The average Bonchev–Trinajstić information content (AvgIpc) is 2.59. The third-order valence-corrected chi connectivity index (χ3v) is 7.55. The van der Waals surface area contributed by atoms with E-state index in [1.165, 1.54) is 0 Å². The van der Waals surface area contributed by atoms with Crippen molar-refractivity contribution in [1.29, 1.82) is 0 Å². The van der Waals surface area contributed by atoms with Crippen molar-refractivity contribution in [2.24, 2.45) is 16.2 Å². The van der Waals surface area contributed by atoms with Crippen LogP contribution in [-0.2, 0) is 19.1 Å². The number of Topliss-reactive ketones (excluding diaryl/α,β-unsaturated/α-hetero) is 1. The molecule has 0 heterocycles. The van der Waals surface area contributed by atoms with Gasteiger partial charge in [-0.15, -0.1) is 0 Å². The Hall–Kier alpha value is -0.460. The van der Waals surface area contributed by atoms with Crippen molar-refractivity contribution < 1.29 is 19.1 Å². The lowest BCUT2D eigenvalue weighted by atomic mass is 9.57. The van der Waals surface area contributed by atoms with Crippen LogP contribution in [0.15, 0.2) is 0 Å². The molecule has 0 aromatic carbocycles. The second kappa shape index (κ2) is 11.2. The Morgan fingerprint density at radius 2 is 1.41 bits per heavy atom. The number of hydrogen-bond acceptors (Lipinski definition) is 4. The highest BCUT2D eigenvalue weighted by Gasteiger charge is 2.52. The van der Waals surface area contributed by atoms with Gasteiger partial charge in [0.05, 0.1) is 0 Å². The van der Waals surface area contributed by atoms with Crippen molar-refractivity contribution in [3.8, 4) is 0 Å². The molecule has 0 fully saturated rings. The van der Waals surface area contributed by atoms with Crippen molar-refractivity contribution in [2.75, 3.05) is 19.8 Å². The minimum atomic E-state index is -0.659. The summed E-state index contributed by atoms with van der Waals surface area (Å²) in [5.41, 5.74) is -1.65. The van der Waals surface area contributed by atoms with Crippen LogP contribution in [0, 0.1) is 16.2 Å². The van der Waals surface area contributed by atoms with E-state index in [4.69, 9.17) is 9.47 Å². The number of amides is 1. The molecule has 0 aliphatic rings. The second-order valence-corrected chi connectivity index (χ2v) is 11.6. The highest BCUT2D eigenvalue weighted by molar-refractivity contribution is 9.10. The van der Waals surface area contributed by atoms with Gasteiger partial charge in [0.25, 0.3) is 0 Å². The number of hydrogen-bond donors (Lipinski definition) is 1. The van der Waals surface area contributed by atoms with Crippen LogP contribution in [0.25, 0.3) is 0 Å². The Bertz CT molecular complexity index is 533. The maximum atomic E-state index is 13.1. The Morgan fingerprint density at radius 3 is 1.79 bits per heavy atom. The summed E-state index contributed by atoms with van der Waals surface area (Å²) in [4.78, 5) is 26.0. The number of ether oxygens (including phenoxy) is 2. The summed E-state index contributed by atoms with van der Waals surface area (Å²) in [6, 6.07) is 0. The molecule has 0 aromatic heterocycles. The fourth-order valence-electron chi connectivity index (χ4n) is 3.55. The summed E-state index contributed by atoms with van der Waals surface area (Å²) >= 11 is 3.74. The average molecular weight is 479 g/mol. The topological polar surface area (TPSA) is 64.6 Å². The normalized spacial score (nSPS) is 15.3. The van der Waals surface area contributed by atoms with Crippen LogP contribution in [-0.4, -0.2) is 42.1 Å². The number of carbonyl (C=O) groups excluding carboxylic acids is 2. The molecule has 6 heteroatoms. The number of rotatable bonds is 14. The molecular weight excluding hydrogens is 434 g/mol. The molecule has 1 N–H and O–H groups in total. The number of ketones is 1. The van der Waals surface area contributed by atoms with Gasteiger partial charge in [0.1, 0.15) is 5.78 Å². The first kappa shape index (κ1) is 28.5. The van der Waals surface area contributed by atoms with E-state index >= 15 is 0 Å². The molecule has 0 aromatic rings. The lowest BCUT2D eigenvalue weighted by molar-refractivity contribution is -0.145. The maximum Gasteiger partial charge on any atom is 0.226 e. The van der Waals surface area contributed by atoms with Gasteiger partial charge >= 0.3 is 0 Å². The number of nitrogens with one attached hydrogen (secondary N) is 1. The molecule has 0 rings (SSSR count). The molecule has 0 aliphatic heterocycles. The van der Waals surface area contributed by atoms with E-state index in [0.717, 1.165) is 0 Å². The summed E-state index contributed by atoms with van der Waals surface area (Å²) < 4.78 is 10.7. The van der Waals surface area contributed by atoms with Crippen LogP contribution in [0.4, 0.5) is 0 Å². The van der Waals surface area contributed by atoms with Crippen molar-refractivity contribution >= 4 is 27.6 Å². The zero-order valence-electron chi connectivity index (χ0n) is 20.3. The summed E-state index contributed by atoms with van der Waals surface area (Å²) in [6.45, 7) is 21.5. The first-order valence-corrected chi connectivity index (χ1v) is 11.6. The lowest BCUT2D eigenvalue weighted by Crippen LogP contribution is -2.53. The van der Waals surface area contributed by atoms with Crippen LogP contribution in [0.5, 0.6) is 0 Å². The highest BCUT2D eigenvalue weighted by atomic mass is 79.9. The van der Waals surface area contributed by atoms with Gasteiger partial charge in [0.15, 0.2) is 6.29 Å². The van der Waals surface area contributed by atoms with Crippen LogP contribution in [0.2, 0.25) is 0 Å². The lowest BCUT2D eigenvalue weighted by Gasteiger charge is -2.49. The smallest absolute Gasteiger partial charge is 0.226 e. The van der Waals surface area contributed by atoms with E-state index in [9.17, 15) is 9.59 Å². The predicted octanol–water partition coefficient (Wildman–Crippen LogP) is 5.49. The molecule has 0 spiro atoms. The monoisotopic (exact) mass is 477 g/mol. The Labute approximate surface area is 187 Å². The van der Waals surface area contributed by atoms with E-state index in [0.29, 0.717) is 39.0 Å². The predicted molar refractivity (Wildman–Crippen MR) is 123 cm³/mol. The Morgan fingerprint density at radius 1 is 0.931 bits per heavy atom. The molecule has 29 heavy (non-hydrogen) atoms. The number of carbonyl (C=O) groups is 2. The zero-order valence-corrected chi connectivity index (χ0v) is 21.9. The molecule has 0 aliphatic carbocycles. The molecule has 1 unspecified atom stereocenters. The molecule has 0 saturated heterocycles. The van der Waals surface area contributed by atoms with Crippen molar-refractivity contribution in [2.45, 2.75) is 99.1 Å². The van der Waals surface area contributed by atoms with Gasteiger partial charge in [0.2, 0.25) is 5.91 Å². The quantitative estimate of drug-likeness (QED) is 0.265. The van der Waals surface area contributed by atoms with Crippen molar-refractivity contribution in [1.82, 2.24) is 5.32 Å². The van der Waals surface area contributed by atoms with Gasteiger partial charge in [-0.3, -0.25) is 9.59 Å². The van der Waals surface area contributed by atoms with E-state index in [-0.39, 0.29) is 22.3 Å². The molecule has 0 saturated carbocycles.